The van der Waals surface area contributed by atoms with Crippen molar-refractivity contribution in [3.8, 4) is 10.8 Å². The highest BCUT2D eigenvalue weighted by Gasteiger charge is 2.28. The van der Waals surface area contributed by atoms with E-state index in [1.807, 2.05) is 24.0 Å². The quantitative estimate of drug-likeness (QED) is 0.940. The second-order valence-electron chi connectivity index (χ2n) is 5.61. The molecule has 1 aliphatic heterocycles. The molecule has 6 heteroatoms. The first-order valence-electron chi connectivity index (χ1n) is 7.63. The highest BCUT2D eigenvalue weighted by Crippen LogP contribution is 2.27. The van der Waals surface area contributed by atoms with Crippen LogP contribution in [0.3, 0.4) is 0 Å². The molecule has 1 aliphatic rings. The summed E-state index contributed by atoms with van der Waals surface area (Å²) in [5.41, 5.74) is 0.471. The van der Waals surface area contributed by atoms with E-state index in [9.17, 15) is 9.90 Å². The van der Waals surface area contributed by atoms with Gasteiger partial charge in [-0.1, -0.05) is 0 Å². The van der Waals surface area contributed by atoms with Crippen molar-refractivity contribution >= 4 is 17.2 Å². The molecule has 1 atom stereocenters. The van der Waals surface area contributed by atoms with Crippen LogP contribution in [0.25, 0.3) is 10.8 Å². The number of nitrogens with zero attached hydrogens (tertiary/aromatic N) is 2. The number of aliphatic hydroxyl groups excluding tert-OH is 1. The fourth-order valence-corrected chi connectivity index (χ4v) is 3.65. The third-order valence-corrected chi connectivity index (χ3v) is 4.88. The van der Waals surface area contributed by atoms with Crippen LogP contribution in [0.15, 0.2) is 21.9 Å². The Hall–Kier alpha value is -1.66. The number of thiazole rings is 1. The summed E-state index contributed by atoms with van der Waals surface area (Å²) in [5.74, 6) is 1.49. The number of piperidine rings is 1. The molecule has 0 saturated carbocycles. The summed E-state index contributed by atoms with van der Waals surface area (Å²) in [6, 6.07) is 3.89. The predicted octanol–water partition coefficient (Wildman–Crippen LogP) is 3.09. The highest BCUT2D eigenvalue weighted by molar-refractivity contribution is 7.13. The van der Waals surface area contributed by atoms with Crippen LogP contribution in [0, 0.1) is 6.92 Å². The number of amides is 1. The number of hydrogen-bond acceptors (Lipinski definition) is 5. The van der Waals surface area contributed by atoms with Gasteiger partial charge in [0.15, 0.2) is 10.8 Å². The van der Waals surface area contributed by atoms with Crippen molar-refractivity contribution in [1.29, 1.82) is 0 Å². The summed E-state index contributed by atoms with van der Waals surface area (Å²) >= 11 is 1.42. The number of likely N-dealkylation sites (tertiary alicyclic amines) is 1. The molecule has 0 bridgehead atoms. The average Bonchev–Trinajstić information content (AvgIpc) is 3.16. The number of aromatic nitrogens is 1. The van der Waals surface area contributed by atoms with Crippen molar-refractivity contribution in [1.82, 2.24) is 9.88 Å². The molecule has 22 heavy (non-hydrogen) atoms. The van der Waals surface area contributed by atoms with E-state index in [1.54, 1.807) is 5.38 Å². The van der Waals surface area contributed by atoms with Gasteiger partial charge in [0.2, 0.25) is 0 Å². The van der Waals surface area contributed by atoms with Crippen LogP contribution >= 0.6 is 11.3 Å². The van der Waals surface area contributed by atoms with Crippen LogP contribution in [0.4, 0.5) is 0 Å². The molecule has 0 spiro atoms. The minimum atomic E-state index is -0.0380. The maximum absolute atomic E-state index is 12.7. The zero-order valence-corrected chi connectivity index (χ0v) is 13.4. The van der Waals surface area contributed by atoms with Gasteiger partial charge in [-0.3, -0.25) is 4.79 Å². The van der Waals surface area contributed by atoms with Crippen LogP contribution in [-0.2, 0) is 0 Å². The molecule has 1 saturated heterocycles. The second-order valence-corrected chi connectivity index (χ2v) is 6.47. The molecule has 118 valence electrons. The van der Waals surface area contributed by atoms with Crippen LogP contribution in [-0.4, -0.2) is 40.1 Å². The lowest BCUT2D eigenvalue weighted by Gasteiger charge is -2.35. The molecule has 0 aromatic carbocycles. The topological polar surface area (TPSA) is 66.6 Å². The van der Waals surface area contributed by atoms with E-state index in [2.05, 4.69) is 4.98 Å². The summed E-state index contributed by atoms with van der Waals surface area (Å²) in [5, 5.41) is 11.7. The number of aryl methyl sites for hydroxylation is 1. The summed E-state index contributed by atoms with van der Waals surface area (Å²) in [4.78, 5) is 19.0. The minimum absolute atomic E-state index is 0.0380. The Morgan fingerprint density at radius 2 is 2.36 bits per heavy atom. The number of hydrogen-bond donors (Lipinski definition) is 1. The zero-order chi connectivity index (χ0) is 15.5. The van der Waals surface area contributed by atoms with E-state index in [-0.39, 0.29) is 18.6 Å². The van der Waals surface area contributed by atoms with Crippen molar-refractivity contribution in [3.05, 3.63) is 29.0 Å². The summed E-state index contributed by atoms with van der Waals surface area (Å²) in [6.07, 6.45) is 3.73. The van der Waals surface area contributed by atoms with Crippen molar-refractivity contribution < 1.29 is 14.3 Å². The molecule has 3 rings (SSSR count). The second kappa shape index (κ2) is 6.62. The number of carbonyl (C=O) groups excluding carboxylic acids is 1. The van der Waals surface area contributed by atoms with Crippen LogP contribution < -0.4 is 0 Å². The van der Waals surface area contributed by atoms with Gasteiger partial charge in [0.1, 0.15) is 11.5 Å². The molecule has 2 aromatic rings. The van der Waals surface area contributed by atoms with Crippen molar-refractivity contribution in [3.63, 3.8) is 0 Å². The van der Waals surface area contributed by atoms with E-state index >= 15 is 0 Å². The Balaban J connectivity index is 1.78. The van der Waals surface area contributed by atoms with Gasteiger partial charge in [-0.15, -0.1) is 11.3 Å². The van der Waals surface area contributed by atoms with Gasteiger partial charge in [0.05, 0.1) is 0 Å². The third-order valence-electron chi connectivity index (χ3n) is 4.02. The molecule has 5 nitrogen and oxygen atoms in total. The lowest BCUT2D eigenvalue weighted by Crippen LogP contribution is -2.44. The van der Waals surface area contributed by atoms with Crippen LogP contribution in [0.2, 0.25) is 0 Å². The number of furan rings is 1. The molecule has 1 fully saturated rings. The van der Waals surface area contributed by atoms with E-state index in [0.29, 0.717) is 17.9 Å². The largest absolute Gasteiger partial charge is 0.459 e. The summed E-state index contributed by atoms with van der Waals surface area (Å²) in [6.45, 7) is 2.75. The number of aliphatic hydroxyl groups is 1. The fourth-order valence-electron chi connectivity index (χ4n) is 2.90. The van der Waals surface area contributed by atoms with Crippen molar-refractivity contribution in [2.75, 3.05) is 13.2 Å². The summed E-state index contributed by atoms with van der Waals surface area (Å²) < 4.78 is 5.56. The molecule has 1 amide bonds. The first-order chi connectivity index (χ1) is 10.7. The van der Waals surface area contributed by atoms with Gasteiger partial charge in [0, 0.05) is 24.6 Å². The molecule has 0 aliphatic carbocycles. The first kappa shape index (κ1) is 15.2. The standard InChI is InChI=1S/C16H20N2O3S/c1-11-5-6-14(21-11)15-17-13(10-22-15)16(20)18-8-3-2-4-12(18)7-9-19/h5-6,10,12,19H,2-4,7-9H2,1H3. The summed E-state index contributed by atoms with van der Waals surface area (Å²) in [7, 11) is 0. The molecular weight excluding hydrogens is 300 g/mol. The number of rotatable bonds is 4. The maximum atomic E-state index is 12.7. The first-order valence-corrected chi connectivity index (χ1v) is 8.51. The third kappa shape index (κ3) is 3.08. The van der Waals surface area contributed by atoms with E-state index in [0.717, 1.165) is 36.6 Å². The van der Waals surface area contributed by atoms with Gasteiger partial charge in [0.25, 0.3) is 5.91 Å². The average molecular weight is 320 g/mol. The minimum Gasteiger partial charge on any atom is -0.459 e. The van der Waals surface area contributed by atoms with Gasteiger partial charge in [-0.25, -0.2) is 4.98 Å². The number of carbonyl (C=O) groups is 1. The van der Waals surface area contributed by atoms with Crippen molar-refractivity contribution in [2.24, 2.45) is 0 Å². The predicted molar refractivity (Wildman–Crippen MR) is 84.9 cm³/mol. The smallest absolute Gasteiger partial charge is 0.273 e. The van der Waals surface area contributed by atoms with Crippen molar-refractivity contribution in [2.45, 2.75) is 38.6 Å². The molecular formula is C16H20N2O3S. The Morgan fingerprint density at radius 3 is 3.09 bits per heavy atom. The van der Waals surface area contributed by atoms with Gasteiger partial charge >= 0.3 is 0 Å². The Bertz CT molecular complexity index is 647. The van der Waals surface area contributed by atoms with Gasteiger partial charge in [-0.05, 0) is 44.7 Å². The van der Waals surface area contributed by atoms with Crippen LogP contribution in [0.1, 0.15) is 41.9 Å². The Kier molecular flexibility index (Phi) is 4.59. The fraction of sp³-hybridized carbons (Fsp3) is 0.500. The van der Waals surface area contributed by atoms with Gasteiger partial charge in [-0.2, -0.15) is 0 Å². The molecule has 0 radical (unpaired) electrons. The Labute approximate surface area is 133 Å². The van der Waals surface area contributed by atoms with E-state index in [4.69, 9.17) is 4.42 Å². The lowest BCUT2D eigenvalue weighted by atomic mass is 9.99. The monoisotopic (exact) mass is 320 g/mol. The molecule has 1 N–H and O–H groups in total. The molecule has 2 aromatic heterocycles. The van der Waals surface area contributed by atoms with Crippen LogP contribution in [0.5, 0.6) is 0 Å². The van der Waals surface area contributed by atoms with E-state index < -0.39 is 0 Å². The Morgan fingerprint density at radius 1 is 1.50 bits per heavy atom. The maximum Gasteiger partial charge on any atom is 0.273 e. The van der Waals surface area contributed by atoms with Gasteiger partial charge < -0.3 is 14.4 Å². The SMILES string of the molecule is Cc1ccc(-c2nc(C(=O)N3CCCCC3CCO)cs2)o1. The lowest BCUT2D eigenvalue weighted by molar-refractivity contribution is 0.0569. The molecule has 3 heterocycles. The van der Waals surface area contributed by atoms with E-state index in [1.165, 1.54) is 11.3 Å². The zero-order valence-electron chi connectivity index (χ0n) is 12.6. The highest BCUT2D eigenvalue weighted by atomic mass is 32.1. The molecule has 1 unspecified atom stereocenters. The normalized spacial score (nSPS) is 18.6.